The van der Waals surface area contributed by atoms with Crippen LogP contribution in [0.4, 0.5) is 17.3 Å². The van der Waals surface area contributed by atoms with E-state index in [4.69, 9.17) is 10.5 Å². The topological polar surface area (TPSA) is 67.5 Å². The molecule has 1 aromatic heterocycles. The van der Waals surface area contributed by atoms with E-state index in [1.54, 1.807) is 13.2 Å². The second-order valence-electron chi connectivity index (χ2n) is 4.99. The van der Waals surface area contributed by atoms with E-state index in [2.05, 4.69) is 32.1 Å². The van der Waals surface area contributed by atoms with Crippen molar-refractivity contribution in [2.24, 2.45) is 0 Å². The minimum absolute atomic E-state index is 0.454. The van der Waals surface area contributed by atoms with Gasteiger partial charge >= 0.3 is 0 Å². The number of aromatic nitrogens is 2. The number of rotatable bonds is 3. The fourth-order valence-corrected chi connectivity index (χ4v) is 2.49. The zero-order valence-corrected chi connectivity index (χ0v) is 12.1. The summed E-state index contributed by atoms with van der Waals surface area (Å²) in [6.07, 6.45) is 0. The first kappa shape index (κ1) is 13.5. The molecule has 0 radical (unpaired) electrons. The maximum Gasteiger partial charge on any atom is 0.151 e. The first-order valence-electron chi connectivity index (χ1n) is 6.99. The Bertz CT molecular complexity index is 576. The lowest BCUT2D eigenvalue weighted by molar-refractivity contribution is 0.415. The molecule has 0 saturated carbocycles. The van der Waals surface area contributed by atoms with Gasteiger partial charge in [-0.3, -0.25) is 0 Å². The van der Waals surface area contributed by atoms with Crippen molar-refractivity contribution in [3.05, 3.63) is 36.4 Å². The Kier molecular flexibility index (Phi) is 3.77. The Hall–Kier alpha value is -2.50. The van der Waals surface area contributed by atoms with E-state index in [1.165, 1.54) is 5.69 Å². The third kappa shape index (κ3) is 2.99. The Labute approximate surface area is 124 Å². The molecule has 21 heavy (non-hydrogen) atoms. The van der Waals surface area contributed by atoms with E-state index in [0.717, 1.165) is 37.7 Å². The van der Waals surface area contributed by atoms with E-state index in [0.29, 0.717) is 5.82 Å². The Morgan fingerprint density at radius 1 is 0.905 bits per heavy atom. The largest absolute Gasteiger partial charge is 0.497 e. The first-order valence-corrected chi connectivity index (χ1v) is 6.99. The molecule has 0 aliphatic carbocycles. The minimum Gasteiger partial charge on any atom is -0.497 e. The fraction of sp³-hybridized carbons (Fsp3) is 0.333. The zero-order valence-electron chi connectivity index (χ0n) is 12.1. The second kappa shape index (κ2) is 5.87. The summed E-state index contributed by atoms with van der Waals surface area (Å²) in [6.45, 7) is 3.76. The highest BCUT2D eigenvalue weighted by atomic mass is 16.5. The van der Waals surface area contributed by atoms with Gasteiger partial charge in [0.2, 0.25) is 0 Å². The lowest BCUT2D eigenvalue weighted by Gasteiger charge is -2.36. The Morgan fingerprint density at radius 3 is 2.14 bits per heavy atom. The molecule has 6 nitrogen and oxygen atoms in total. The highest BCUT2D eigenvalue weighted by molar-refractivity contribution is 5.51. The summed E-state index contributed by atoms with van der Waals surface area (Å²) in [5.74, 6) is 2.23. The van der Waals surface area contributed by atoms with Gasteiger partial charge in [-0.1, -0.05) is 0 Å². The van der Waals surface area contributed by atoms with Crippen molar-refractivity contribution in [2.75, 3.05) is 48.8 Å². The first-order chi connectivity index (χ1) is 10.3. The molecule has 0 spiro atoms. The van der Waals surface area contributed by atoms with Crippen LogP contribution in [0, 0.1) is 0 Å². The van der Waals surface area contributed by atoms with E-state index in [-0.39, 0.29) is 0 Å². The summed E-state index contributed by atoms with van der Waals surface area (Å²) in [5.41, 5.74) is 6.79. The average Bonchev–Trinajstić information content (AvgIpc) is 2.56. The van der Waals surface area contributed by atoms with Crippen LogP contribution in [0.5, 0.6) is 5.75 Å². The van der Waals surface area contributed by atoms with Gasteiger partial charge in [0.05, 0.1) is 7.11 Å². The average molecular weight is 285 g/mol. The third-order valence-corrected chi connectivity index (χ3v) is 3.71. The highest BCUT2D eigenvalue weighted by Gasteiger charge is 2.18. The molecule has 3 rings (SSSR count). The van der Waals surface area contributed by atoms with Gasteiger partial charge in [-0.05, 0) is 36.4 Å². The summed E-state index contributed by atoms with van der Waals surface area (Å²) in [7, 11) is 1.68. The van der Waals surface area contributed by atoms with Crippen molar-refractivity contribution < 1.29 is 4.74 Å². The fourth-order valence-electron chi connectivity index (χ4n) is 2.49. The van der Waals surface area contributed by atoms with Crippen molar-refractivity contribution >= 4 is 17.3 Å². The van der Waals surface area contributed by atoms with Crippen LogP contribution in [-0.4, -0.2) is 43.5 Å². The van der Waals surface area contributed by atoms with E-state index < -0.39 is 0 Å². The SMILES string of the molecule is COc1ccc(N2CCN(c3ccc(N)nn3)CC2)cc1. The molecule has 2 N–H and O–H groups in total. The molecule has 2 aromatic rings. The zero-order chi connectivity index (χ0) is 14.7. The number of hydrogen-bond acceptors (Lipinski definition) is 6. The van der Waals surface area contributed by atoms with E-state index >= 15 is 0 Å². The number of nitrogens with zero attached hydrogens (tertiary/aromatic N) is 4. The monoisotopic (exact) mass is 285 g/mol. The maximum atomic E-state index is 5.57. The van der Waals surface area contributed by atoms with Gasteiger partial charge in [0.1, 0.15) is 11.6 Å². The van der Waals surface area contributed by atoms with E-state index in [9.17, 15) is 0 Å². The van der Waals surface area contributed by atoms with Gasteiger partial charge in [-0.15, -0.1) is 10.2 Å². The number of hydrogen-bond donors (Lipinski definition) is 1. The van der Waals surface area contributed by atoms with Crippen molar-refractivity contribution in [1.82, 2.24) is 10.2 Å². The summed E-state index contributed by atoms with van der Waals surface area (Å²) in [4.78, 5) is 4.59. The number of methoxy groups -OCH3 is 1. The van der Waals surface area contributed by atoms with Crippen LogP contribution in [0.2, 0.25) is 0 Å². The molecule has 1 aliphatic rings. The van der Waals surface area contributed by atoms with Crippen LogP contribution < -0.4 is 20.3 Å². The van der Waals surface area contributed by atoms with Crippen molar-refractivity contribution in [3.8, 4) is 5.75 Å². The number of piperazine rings is 1. The number of benzene rings is 1. The normalized spacial score (nSPS) is 15.1. The van der Waals surface area contributed by atoms with Gasteiger partial charge in [0, 0.05) is 31.9 Å². The third-order valence-electron chi connectivity index (χ3n) is 3.71. The number of nitrogen functional groups attached to an aromatic ring is 1. The van der Waals surface area contributed by atoms with Crippen LogP contribution >= 0.6 is 0 Å². The molecule has 2 heterocycles. The van der Waals surface area contributed by atoms with Crippen LogP contribution in [-0.2, 0) is 0 Å². The summed E-state index contributed by atoms with van der Waals surface area (Å²) < 4.78 is 5.19. The van der Waals surface area contributed by atoms with Gasteiger partial charge < -0.3 is 20.3 Å². The maximum absolute atomic E-state index is 5.57. The molecular formula is C15H19N5O. The van der Waals surface area contributed by atoms with Crippen LogP contribution in [0.15, 0.2) is 36.4 Å². The number of anilines is 3. The van der Waals surface area contributed by atoms with Crippen molar-refractivity contribution in [3.63, 3.8) is 0 Å². The lowest BCUT2D eigenvalue weighted by Crippen LogP contribution is -2.46. The number of nitrogens with two attached hydrogens (primary N) is 1. The molecule has 1 aliphatic heterocycles. The summed E-state index contributed by atoms with van der Waals surface area (Å²) in [5, 5.41) is 8.05. The van der Waals surface area contributed by atoms with Crippen LogP contribution in [0.1, 0.15) is 0 Å². The van der Waals surface area contributed by atoms with E-state index in [1.807, 2.05) is 18.2 Å². The lowest BCUT2D eigenvalue weighted by atomic mass is 10.2. The molecule has 0 unspecified atom stereocenters. The summed E-state index contributed by atoms with van der Waals surface area (Å²) in [6, 6.07) is 11.9. The van der Waals surface area contributed by atoms with Crippen LogP contribution in [0.3, 0.4) is 0 Å². The molecule has 0 amide bonds. The molecule has 110 valence electrons. The Balaban J connectivity index is 1.62. The van der Waals surface area contributed by atoms with Gasteiger partial charge in [0.15, 0.2) is 5.82 Å². The van der Waals surface area contributed by atoms with Gasteiger partial charge in [-0.2, -0.15) is 0 Å². The highest BCUT2D eigenvalue weighted by Crippen LogP contribution is 2.21. The molecule has 0 bridgehead atoms. The smallest absolute Gasteiger partial charge is 0.151 e. The second-order valence-corrected chi connectivity index (χ2v) is 4.99. The molecule has 0 atom stereocenters. The standard InChI is InChI=1S/C15H19N5O/c1-21-13-4-2-12(3-5-13)19-8-10-20(11-9-19)15-7-6-14(16)17-18-15/h2-7H,8-11H2,1H3,(H2,16,17). The Morgan fingerprint density at radius 2 is 1.57 bits per heavy atom. The minimum atomic E-state index is 0.454. The summed E-state index contributed by atoms with van der Waals surface area (Å²) >= 11 is 0. The van der Waals surface area contributed by atoms with Crippen molar-refractivity contribution in [2.45, 2.75) is 0 Å². The molecule has 1 saturated heterocycles. The van der Waals surface area contributed by atoms with Crippen molar-refractivity contribution in [1.29, 1.82) is 0 Å². The molecule has 1 aromatic carbocycles. The molecule has 6 heteroatoms. The molecule has 1 fully saturated rings. The van der Waals surface area contributed by atoms with Gasteiger partial charge in [0.25, 0.3) is 0 Å². The molecular weight excluding hydrogens is 266 g/mol. The predicted octanol–water partition coefficient (Wildman–Crippen LogP) is 1.39. The quantitative estimate of drug-likeness (QED) is 0.919. The van der Waals surface area contributed by atoms with Gasteiger partial charge in [-0.25, -0.2) is 0 Å². The number of ether oxygens (including phenoxy) is 1. The van der Waals surface area contributed by atoms with Crippen LogP contribution in [0.25, 0.3) is 0 Å². The predicted molar refractivity (Wildman–Crippen MR) is 83.9 cm³/mol.